The van der Waals surface area contributed by atoms with Crippen LogP contribution in [0.3, 0.4) is 0 Å². The second-order valence-corrected chi connectivity index (χ2v) is 5.82. The van der Waals surface area contributed by atoms with Crippen LogP contribution in [0.5, 0.6) is 17.2 Å². The summed E-state index contributed by atoms with van der Waals surface area (Å²) in [6.45, 7) is 3.57. The van der Waals surface area contributed by atoms with Crippen molar-refractivity contribution in [3.05, 3.63) is 72.1 Å². The number of ether oxygens (including phenoxy) is 2. The maximum Gasteiger partial charge on any atom is 0.276 e. The minimum Gasteiger partial charge on any atom is -0.484 e. The lowest BCUT2D eigenvalue weighted by atomic mass is 10.3. The van der Waals surface area contributed by atoms with Gasteiger partial charge >= 0.3 is 0 Å². The molecule has 2 aromatic carbocycles. The standard InChI is InChI=1S/C20H20N4O3/c1-14-12-15(2)22-20(21-14)24-23-19(25)13-26-16-8-10-18(11-9-16)27-17-6-4-3-5-7-17/h3-12H,13H2,1-2H3,(H,23,25)(H,21,22,24). The fourth-order valence-corrected chi connectivity index (χ4v) is 2.32. The van der Waals surface area contributed by atoms with E-state index < -0.39 is 0 Å². The summed E-state index contributed by atoms with van der Waals surface area (Å²) >= 11 is 0. The smallest absolute Gasteiger partial charge is 0.276 e. The molecule has 7 heteroatoms. The van der Waals surface area contributed by atoms with Crippen LogP contribution in [0.15, 0.2) is 60.7 Å². The predicted octanol–water partition coefficient (Wildman–Crippen LogP) is 3.41. The SMILES string of the molecule is Cc1cc(C)nc(NNC(=O)COc2ccc(Oc3ccccc3)cc2)n1. The van der Waals surface area contributed by atoms with Gasteiger partial charge in [-0.1, -0.05) is 18.2 Å². The van der Waals surface area contributed by atoms with Gasteiger partial charge in [0.2, 0.25) is 5.95 Å². The number of nitrogens with one attached hydrogen (secondary N) is 2. The number of nitrogens with zero attached hydrogens (tertiary/aromatic N) is 2. The highest BCUT2D eigenvalue weighted by Crippen LogP contribution is 2.23. The Bertz CT molecular complexity index is 879. The molecular formula is C20H20N4O3. The second kappa shape index (κ2) is 8.66. The number of para-hydroxylation sites is 1. The van der Waals surface area contributed by atoms with Crippen LogP contribution < -0.4 is 20.3 Å². The first-order valence-electron chi connectivity index (χ1n) is 8.41. The van der Waals surface area contributed by atoms with E-state index in [9.17, 15) is 4.79 Å². The maximum absolute atomic E-state index is 11.9. The molecule has 3 aromatic rings. The quantitative estimate of drug-likeness (QED) is 0.625. The highest BCUT2D eigenvalue weighted by atomic mass is 16.5. The van der Waals surface area contributed by atoms with Gasteiger partial charge in [0, 0.05) is 11.4 Å². The molecule has 0 aliphatic rings. The molecule has 0 aliphatic heterocycles. The number of carbonyl (C=O) groups is 1. The molecule has 0 saturated heterocycles. The average Bonchev–Trinajstić information content (AvgIpc) is 2.66. The molecule has 0 radical (unpaired) electrons. The van der Waals surface area contributed by atoms with Gasteiger partial charge in [0.15, 0.2) is 6.61 Å². The van der Waals surface area contributed by atoms with Gasteiger partial charge in [-0.25, -0.2) is 9.97 Å². The summed E-state index contributed by atoms with van der Waals surface area (Å²) in [5.41, 5.74) is 6.81. The first kappa shape index (κ1) is 18.2. The van der Waals surface area contributed by atoms with Crippen molar-refractivity contribution in [2.75, 3.05) is 12.0 Å². The molecule has 27 heavy (non-hydrogen) atoms. The minimum atomic E-state index is -0.345. The number of amides is 1. The number of aromatic nitrogens is 2. The maximum atomic E-state index is 11.9. The molecule has 3 rings (SSSR count). The zero-order chi connectivity index (χ0) is 19.1. The molecule has 1 amide bonds. The molecule has 0 aliphatic carbocycles. The molecule has 1 aromatic heterocycles. The van der Waals surface area contributed by atoms with Crippen LogP contribution in [0.4, 0.5) is 5.95 Å². The number of rotatable bonds is 7. The number of carbonyl (C=O) groups excluding carboxylic acids is 1. The number of hydrogen-bond acceptors (Lipinski definition) is 6. The van der Waals surface area contributed by atoms with E-state index in [-0.39, 0.29) is 12.5 Å². The molecule has 0 bridgehead atoms. The van der Waals surface area contributed by atoms with Gasteiger partial charge in [0.25, 0.3) is 5.91 Å². The van der Waals surface area contributed by atoms with Crippen LogP contribution in [0.2, 0.25) is 0 Å². The van der Waals surface area contributed by atoms with Gasteiger partial charge in [0.05, 0.1) is 0 Å². The Morgan fingerprint density at radius 3 is 2.15 bits per heavy atom. The van der Waals surface area contributed by atoms with Gasteiger partial charge < -0.3 is 9.47 Å². The zero-order valence-corrected chi connectivity index (χ0v) is 15.1. The molecule has 2 N–H and O–H groups in total. The van der Waals surface area contributed by atoms with Crippen molar-refractivity contribution in [1.29, 1.82) is 0 Å². The van der Waals surface area contributed by atoms with Crippen molar-refractivity contribution in [2.24, 2.45) is 0 Å². The predicted molar refractivity (Wildman–Crippen MR) is 102 cm³/mol. The van der Waals surface area contributed by atoms with E-state index in [2.05, 4.69) is 20.8 Å². The Kier molecular flexibility index (Phi) is 5.84. The van der Waals surface area contributed by atoms with Crippen LogP contribution >= 0.6 is 0 Å². The van der Waals surface area contributed by atoms with E-state index in [1.807, 2.05) is 50.2 Å². The summed E-state index contributed by atoms with van der Waals surface area (Å²) in [5, 5.41) is 0. The van der Waals surface area contributed by atoms with Crippen molar-refractivity contribution in [3.8, 4) is 17.2 Å². The molecule has 0 spiro atoms. The molecule has 138 valence electrons. The van der Waals surface area contributed by atoms with Crippen molar-refractivity contribution in [3.63, 3.8) is 0 Å². The van der Waals surface area contributed by atoms with Crippen molar-refractivity contribution >= 4 is 11.9 Å². The van der Waals surface area contributed by atoms with Gasteiger partial charge in [-0.15, -0.1) is 0 Å². The third kappa shape index (κ3) is 5.71. The largest absolute Gasteiger partial charge is 0.484 e. The summed E-state index contributed by atoms with van der Waals surface area (Å²) < 4.78 is 11.2. The van der Waals surface area contributed by atoms with Crippen molar-refractivity contribution < 1.29 is 14.3 Å². The van der Waals surface area contributed by atoms with Crippen molar-refractivity contribution in [1.82, 2.24) is 15.4 Å². The van der Waals surface area contributed by atoms with E-state index in [1.54, 1.807) is 24.3 Å². The van der Waals surface area contributed by atoms with Gasteiger partial charge in [-0.05, 0) is 56.3 Å². The lowest BCUT2D eigenvalue weighted by molar-refractivity contribution is -0.122. The fraction of sp³-hybridized carbons (Fsp3) is 0.150. The lowest BCUT2D eigenvalue weighted by Gasteiger charge is -2.10. The molecule has 7 nitrogen and oxygen atoms in total. The molecule has 0 unspecified atom stereocenters. The van der Waals surface area contributed by atoms with Crippen LogP contribution in [-0.2, 0) is 4.79 Å². The van der Waals surface area contributed by atoms with E-state index in [0.29, 0.717) is 17.4 Å². The van der Waals surface area contributed by atoms with E-state index in [4.69, 9.17) is 9.47 Å². The van der Waals surface area contributed by atoms with Crippen LogP contribution in [0, 0.1) is 13.8 Å². The number of hydrazine groups is 1. The number of anilines is 1. The minimum absolute atomic E-state index is 0.142. The summed E-state index contributed by atoms with van der Waals surface area (Å²) in [4.78, 5) is 20.2. The van der Waals surface area contributed by atoms with Gasteiger partial charge in [-0.2, -0.15) is 0 Å². The lowest BCUT2D eigenvalue weighted by Crippen LogP contribution is -2.34. The summed E-state index contributed by atoms with van der Waals surface area (Å²) in [6.07, 6.45) is 0. The third-order valence-electron chi connectivity index (χ3n) is 3.47. The van der Waals surface area contributed by atoms with Gasteiger partial charge in [-0.3, -0.25) is 15.6 Å². The first-order valence-corrected chi connectivity index (χ1v) is 8.41. The zero-order valence-electron chi connectivity index (χ0n) is 15.1. The molecular weight excluding hydrogens is 344 g/mol. The summed E-state index contributed by atoms with van der Waals surface area (Å²) in [5.74, 6) is 2.00. The highest BCUT2D eigenvalue weighted by molar-refractivity contribution is 5.78. The Morgan fingerprint density at radius 1 is 0.889 bits per heavy atom. The number of hydrogen-bond donors (Lipinski definition) is 2. The highest BCUT2D eigenvalue weighted by Gasteiger charge is 2.05. The Hall–Kier alpha value is -3.61. The molecule has 0 atom stereocenters. The Morgan fingerprint density at radius 2 is 1.48 bits per heavy atom. The Labute approximate surface area is 157 Å². The summed E-state index contributed by atoms with van der Waals surface area (Å²) in [6, 6.07) is 18.4. The fourth-order valence-electron chi connectivity index (χ4n) is 2.32. The van der Waals surface area contributed by atoms with E-state index in [1.165, 1.54) is 0 Å². The molecule has 1 heterocycles. The topological polar surface area (TPSA) is 85.4 Å². The number of aryl methyl sites for hydroxylation is 2. The van der Waals surface area contributed by atoms with Crippen molar-refractivity contribution in [2.45, 2.75) is 13.8 Å². The monoisotopic (exact) mass is 364 g/mol. The van der Waals surface area contributed by atoms with E-state index >= 15 is 0 Å². The van der Waals surface area contributed by atoms with E-state index in [0.717, 1.165) is 17.1 Å². The Balaban J connectivity index is 1.46. The third-order valence-corrected chi connectivity index (χ3v) is 3.47. The van der Waals surface area contributed by atoms with Gasteiger partial charge in [0.1, 0.15) is 17.2 Å². The molecule has 0 fully saturated rings. The first-order chi connectivity index (χ1) is 13.1. The average molecular weight is 364 g/mol. The second-order valence-electron chi connectivity index (χ2n) is 5.82. The normalized spacial score (nSPS) is 10.1. The summed E-state index contributed by atoms with van der Waals surface area (Å²) in [7, 11) is 0. The van der Waals surface area contributed by atoms with Crippen LogP contribution in [0.1, 0.15) is 11.4 Å². The van der Waals surface area contributed by atoms with Crippen LogP contribution in [0.25, 0.3) is 0 Å². The van der Waals surface area contributed by atoms with Crippen LogP contribution in [-0.4, -0.2) is 22.5 Å². The molecule has 0 saturated carbocycles. The number of benzene rings is 2.